The van der Waals surface area contributed by atoms with Crippen molar-refractivity contribution < 1.29 is 24.3 Å². The van der Waals surface area contributed by atoms with Gasteiger partial charge in [0.1, 0.15) is 6.61 Å². The van der Waals surface area contributed by atoms with Gasteiger partial charge in [-0.1, -0.05) is 0 Å². The third-order valence-electron chi connectivity index (χ3n) is 1.04. The molecule has 0 rings (SSSR count). The Morgan fingerprint density at radius 1 is 1.36 bits per heavy atom. The van der Waals surface area contributed by atoms with E-state index in [1.54, 1.807) is 13.8 Å². The Kier molecular flexibility index (Phi) is 6.21. The first-order valence-electron chi connectivity index (χ1n) is 4.07. The number of rotatable bonds is 4. The number of carbonyl (C=O) groups is 2. The van der Waals surface area contributed by atoms with Crippen LogP contribution in [0.3, 0.4) is 0 Å². The van der Waals surface area contributed by atoms with E-state index in [9.17, 15) is 9.59 Å². The van der Waals surface area contributed by atoms with Gasteiger partial charge >= 0.3 is 12.2 Å². The van der Waals surface area contributed by atoms with E-state index in [1.807, 2.05) is 0 Å². The third-order valence-corrected chi connectivity index (χ3v) is 1.04. The second kappa shape index (κ2) is 6.96. The van der Waals surface area contributed by atoms with Crippen LogP contribution in [0.4, 0.5) is 9.59 Å². The van der Waals surface area contributed by atoms with Gasteiger partial charge in [0.2, 0.25) is 0 Å². The summed E-state index contributed by atoms with van der Waals surface area (Å²) < 4.78 is 9.10. The minimum atomic E-state index is -0.968. The van der Waals surface area contributed by atoms with Gasteiger partial charge < -0.3 is 14.8 Å². The van der Waals surface area contributed by atoms with Crippen LogP contribution in [0.15, 0.2) is 0 Å². The lowest BCUT2D eigenvalue weighted by molar-refractivity contribution is 0.0861. The molecule has 0 saturated heterocycles. The third kappa shape index (κ3) is 7.17. The molecule has 0 aliphatic carbocycles. The fourth-order valence-corrected chi connectivity index (χ4v) is 0.585. The summed E-state index contributed by atoms with van der Waals surface area (Å²) in [4.78, 5) is 21.1. The Morgan fingerprint density at radius 2 is 2.00 bits per heavy atom. The first-order valence-corrected chi connectivity index (χ1v) is 4.07. The minimum absolute atomic E-state index is 0.0421. The number of hydroxylamine groups is 1. The van der Waals surface area contributed by atoms with Crippen molar-refractivity contribution in [3.8, 4) is 0 Å². The van der Waals surface area contributed by atoms with Gasteiger partial charge in [0.25, 0.3) is 0 Å². The number of nitrogens with one attached hydrogen (secondary N) is 2. The van der Waals surface area contributed by atoms with Crippen molar-refractivity contribution in [2.45, 2.75) is 20.0 Å². The summed E-state index contributed by atoms with van der Waals surface area (Å²) in [5, 5.41) is 10.4. The molecule has 0 spiro atoms. The lowest BCUT2D eigenvalue weighted by atomic mass is 10.5. The van der Waals surface area contributed by atoms with Crippen molar-refractivity contribution in [3.05, 3.63) is 0 Å². The van der Waals surface area contributed by atoms with Crippen LogP contribution in [0.1, 0.15) is 13.8 Å². The molecule has 0 atom stereocenters. The van der Waals surface area contributed by atoms with Crippen LogP contribution in [0.25, 0.3) is 0 Å². The molecule has 0 unspecified atom stereocenters. The fraction of sp³-hybridized carbons (Fsp3) is 0.714. The van der Waals surface area contributed by atoms with E-state index in [2.05, 4.69) is 10.1 Å². The molecule has 0 heterocycles. The van der Waals surface area contributed by atoms with Crippen molar-refractivity contribution in [2.24, 2.45) is 0 Å². The minimum Gasteiger partial charge on any atom is -0.447 e. The first-order chi connectivity index (χ1) is 6.56. The van der Waals surface area contributed by atoms with E-state index < -0.39 is 12.2 Å². The molecule has 14 heavy (non-hydrogen) atoms. The predicted molar refractivity (Wildman–Crippen MR) is 45.9 cm³/mol. The highest BCUT2D eigenvalue weighted by molar-refractivity contribution is 5.67. The summed E-state index contributed by atoms with van der Waals surface area (Å²) in [6.07, 6.45) is -1.74. The molecule has 0 fully saturated rings. The topological polar surface area (TPSA) is 96.9 Å². The van der Waals surface area contributed by atoms with Crippen molar-refractivity contribution in [1.29, 1.82) is 0 Å². The average molecular weight is 206 g/mol. The number of alkyl carbamates (subject to hydrolysis) is 1. The second-order valence-corrected chi connectivity index (χ2v) is 2.63. The molecule has 0 bridgehead atoms. The zero-order chi connectivity index (χ0) is 11.0. The maximum absolute atomic E-state index is 10.8. The van der Waals surface area contributed by atoms with Gasteiger partial charge in [0.05, 0.1) is 12.6 Å². The molecule has 3 N–H and O–H groups in total. The van der Waals surface area contributed by atoms with E-state index in [0.29, 0.717) is 0 Å². The Balaban J connectivity index is 3.36. The first kappa shape index (κ1) is 12.5. The van der Waals surface area contributed by atoms with Crippen LogP contribution >= 0.6 is 0 Å². The summed E-state index contributed by atoms with van der Waals surface area (Å²) >= 11 is 0. The van der Waals surface area contributed by atoms with Crippen LogP contribution in [0.2, 0.25) is 0 Å². The van der Waals surface area contributed by atoms with Crippen LogP contribution in [0, 0.1) is 0 Å². The van der Waals surface area contributed by atoms with Gasteiger partial charge in [0.15, 0.2) is 0 Å². The number of amides is 2. The molecule has 7 nitrogen and oxygen atoms in total. The van der Waals surface area contributed by atoms with E-state index in [1.165, 1.54) is 5.48 Å². The predicted octanol–water partition coefficient (Wildman–Crippen LogP) is 0.236. The van der Waals surface area contributed by atoms with E-state index in [4.69, 9.17) is 9.94 Å². The van der Waals surface area contributed by atoms with E-state index >= 15 is 0 Å². The maximum Gasteiger partial charge on any atom is 0.431 e. The number of carbonyl (C=O) groups excluding carboxylic acids is 2. The van der Waals surface area contributed by atoms with Crippen molar-refractivity contribution >= 4 is 12.2 Å². The quantitative estimate of drug-likeness (QED) is 0.347. The van der Waals surface area contributed by atoms with Crippen LogP contribution in [-0.2, 0) is 9.47 Å². The smallest absolute Gasteiger partial charge is 0.431 e. The van der Waals surface area contributed by atoms with E-state index in [-0.39, 0.29) is 19.3 Å². The maximum atomic E-state index is 10.8. The summed E-state index contributed by atoms with van der Waals surface area (Å²) in [6, 6.07) is 0. The van der Waals surface area contributed by atoms with Crippen molar-refractivity contribution in [1.82, 2.24) is 10.8 Å². The molecule has 0 aromatic heterocycles. The highest BCUT2D eigenvalue weighted by Crippen LogP contribution is 1.87. The molecule has 0 aliphatic heterocycles. The van der Waals surface area contributed by atoms with Gasteiger partial charge in [0, 0.05) is 0 Å². The Hall–Kier alpha value is -1.50. The van der Waals surface area contributed by atoms with Crippen molar-refractivity contribution in [2.75, 3.05) is 13.2 Å². The fourth-order valence-electron chi connectivity index (χ4n) is 0.585. The Bertz CT molecular complexity index is 195. The molecule has 2 amide bonds. The normalized spacial score (nSPS) is 9.43. The zero-order valence-electron chi connectivity index (χ0n) is 8.07. The molecule has 7 heteroatoms. The molecule has 82 valence electrons. The lowest BCUT2D eigenvalue weighted by Crippen LogP contribution is -2.31. The molecule has 0 saturated carbocycles. The summed E-state index contributed by atoms with van der Waals surface area (Å²) in [7, 11) is 0. The summed E-state index contributed by atoms with van der Waals surface area (Å²) in [5.41, 5.74) is 1.28. The van der Waals surface area contributed by atoms with Gasteiger partial charge in [-0.2, -0.15) is 0 Å². The van der Waals surface area contributed by atoms with Crippen LogP contribution in [0.5, 0.6) is 0 Å². The van der Waals surface area contributed by atoms with Gasteiger partial charge in [-0.05, 0) is 13.8 Å². The highest BCUT2D eigenvalue weighted by atomic mass is 16.6. The number of ether oxygens (including phenoxy) is 2. The monoisotopic (exact) mass is 206 g/mol. The molecule has 0 aromatic carbocycles. The van der Waals surface area contributed by atoms with Gasteiger partial charge in [-0.25, -0.2) is 15.1 Å². The molecule has 0 aliphatic rings. The SMILES string of the molecule is CC(C)OC(=O)NCCOC(=O)NO. The molecular formula is C7H14N2O5. The van der Waals surface area contributed by atoms with Gasteiger partial charge in [-0.3, -0.25) is 5.21 Å². The largest absolute Gasteiger partial charge is 0.447 e. The van der Waals surface area contributed by atoms with Crippen LogP contribution < -0.4 is 10.8 Å². The standard InChI is InChI=1S/C7H14N2O5/c1-5(2)14-6(10)8-3-4-13-7(11)9-12/h5,12H,3-4H2,1-2H3,(H,8,10)(H,9,11). The second-order valence-electron chi connectivity index (χ2n) is 2.63. The highest BCUT2D eigenvalue weighted by Gasteiger charge is 2.04. The summed E-state index contributed by atoms with van der Waals surface area (Å²) in [6.45, 7) is 3.52. The number of hydrogen-bond donors (Lipinski definition) is 3. The van der Waals surface area contributed by atoms with Crippen LogP contribution in [-0.4, -0.2) is 36.6 Å². The average Bonchev–Trinajstić information content (AvgIpc) is 2.10. The van der Waals surface area contributed by atoms with Crippen molar-refractivity contribution in [3.63, 3.8) is 0 Å². The molecular weight excluding hydrogens is 192 g/mol. The molecule has 0 aromatic rings. The Morgan fingerprint density at radius 3 is 2.50 bits per heavy atom. The number of hydrogen-bond acceptors (Lipinski definition) is 5. The van der Waals surface area contributed by atoms with E-state index in [0.717, 1.165) is 0 Å². The van der Waals surface area contributed by atoms with Gasteiger partial charge in [-0.15, -0.1) is 0 Å². The zero-order valence-corrected chi connectivity index (χ0v) is 8.07. The molecule has 0 radical (unpaired) electrons. The lowest BCUT2D eigenvalue weighted by Gasteiger charge is -2.09. The Labute approximate surface area is 81.3 Å². The summed E-state index contributed by atoms with van der Waals surface area (Å²) in [5.74, 6) is 0.